The van der Waals surface area contributed by atoms with Crippen LogP contribution in [0.3, 0.4) is 0 Å². The molecule has 1 aliphatic carbocycles. The fourth-order valence-electron chi connectivity index (χ4n) is 4.03. The molecule has 0 unspecified atom stereocenters. The second-order valence-corrected chi connectivity index (χ2v) is 12.4. The third kappa shape index (κ3) is 6.16. The Hall–Kier alpha value is -1.65. The molecule has 1 fully saturated rings. The molecule has 3 aromatic carbocycles. The standard InChI is InChI=1S/C27H29PSe/c1-5-13-23(14-6-1)21-27(29-26-19-11-4-12-20-26)22-28(24-15-7-2-8-16-24)25-17-9-3-10-18-25/h2-4,7-12,15-21,23H,1,5-6,13-14,22H2/b27-21-. The summed E-state index contributed by atoms with van der Waals surface area (Å²) in [5.74, 6) is 0.785. The molecule has 29 heavy (non-hydrogen) atoms. The summed E-state index contributed by atoms with van der Waals surface area (Å²) in [6, 6.07) is 33.5. The monoisotopic (exact) mass is 464 g/mol. The molecule has 4 rings (SSSR count). The Morgan fingerprint density at radius 3 is 1.79 bits per heavy atom. The van der Waals surface area contributed by atoms with E-state index in [1.54, 1.807) is 4.47 Å². The Bertz CT molecular complexity index is 844. The number of rotatable bonds is 7. The van der Waals surface area contributed by atoms with E-state index in [1.165, 1.54) is 53.3 Å². The molecule has 0 radical (unpaired) electrons. The Labute approximate surface area is 183 Å². The van der Waals surface area contributed by atoms with E-state index in [1.807, 2.05) is 0 Å². The zero-order valence-electron chi connectivity index (χ0n) is 16.9. The van der Waals surface area contributed by atoms with Crippen LogP contribution in [0.15, 0.2) is 102 Å². The molecule has 0 N–H and O–H groups in total. The number of hydrogen-bond acceptors (Lipinski definition) is 0. The molecule has 0 spiro atoms. The SMILES string of the molecule is C(=C(\CP(c1ccccc1)c1ccccc1)[Se]c1ccccc1)/C1CCCCC1. The first-order valence-electron chi connectivity index (χ1n) is 10.7. The summed E-state index contributed by atoms with van der Waals surface area (Å²) in [6.07, 6.45) is 10.9. The molecule has 3 aromatic rings. The molecule has 0 saturated heterocycles. The predicted octanol–water partition coefficient (Wildman–Crippen LogP) is 5.61. The van der Waals surface area contributed by atoms with Crippen molar-refractivity contribution in [3.8, 4) is 0 Å². The van der Waals surface area contributed by atoms with Crippen LogP contribution in [-0.4, -0.2) is 21.1 Å². The number of allylic oxidation sites excluding steroid dienone is 2. The van der Waals surface area contributed by atoms with Gasteiger partial charge in [-0.05, 0) is 0 Å². The zero-order valence-corrected chi connectivity index (χ0v) is 19.5. The molecule has 2 heteroatoms. The van der Waals surface area contributed by atoms with Crippen LogP contribution < -0.4 is 15.1 Å². The average molecular weight is 463 g/mol. The van der Waals surface area contributed by atoms with Gasteiger partial charge < -0.3 is 0 Å². The summed E-state index contributed by atoms with van der Waals surface area (Å²) in [7, 11) is -0.366. The van der Waals surface area contributed by atoms with Crippen molar-refractivity contribution in [3.63, 3.8) is 0 Å². The molecule has 1 aliphatic rings. The molecule has 0 atom stereocenters. The maximum atomic E-state index is 2.69. The number of hydrogen-bond donors (Lipinski definition) is 0. The van der Waals surface area contributed by atoms with Crippen LogP contribution in [-0.2, 0) is 0 Å². The zero-order chi connectivity index (χ0) is 19.7. The fourth-order valence-corrected chi connectivity index (χ4v) is 9.25. The van der Waals surface area contributed by atoms with Crippen molar-refractivity contribution in [1.82, 2.24) is 0 Å². The van der Waals surface area contributed by atoms with Gasteiger partial charge in [-0.25, -0.2) is 0 Å². The van der Waals surface area contributed by atoms with Gasteiger partial charge in [-0.2, -0.15) is 0 Å². The fraction of sp³-hybridized carbons (Fsp3) is 0.259. The minimum atomic E-state index is -0.366. The average Bonchev–Trinajstić information content (AvgIpc) is 2.80. The van der Waals surface area contributed by atoms with Crippen molar-refractivity contribution in [1.29, 1.82) is 0 Å². The van der Waals surface area contributed by atoms with Crippen LogP contribution in [0.5, 0.6) is 0 Å². The second-order valence-electron chi connectivity index (χ2n) is 7.70. The Balaban J connectivity index is 1.65. The summed E-state index contributed by atoms with van der Waals surface area (Å²) in [4.78, 5) is 0. The maximum absolute atomic E-state index is 2.69. The predicted molar refractivity (Wildman–Crippen MR) is 130 cm³/mol. The van der Waals surface area contributed by atoms with Gasteiger partial charge in [0, 0.05) is 0 Å². The van der Waals surface area contributed by atoms with Crippen LogP contribution in [0.4, 0.5) is 0 Å². The van der Waals surface area contributed by atoms with E-state index in [4.69, 9.17) is 0 Å². The van der Waals surface area contributed by atoms with Gasteiger partial charge in [-0.1, -0.05) is 0 Å². The summed E-state index contributed by atoms with van der Waals surface area (Å²) < 4.78 is 3.19. The first-order chi connectivity index (χ1) is 14.4. The Morgan fingerprint density at radius 1 is 0.724 bits per heavy atom. The van der Waals surface area contributed by atoms with Crippen molar-refractivity contribution in [3.05, 3.63) is 102 Å². The second kappa shape index (κ2) is 10.9. The van der Waals surface area contributed by atoms with E-state index in [0.717, 1.165) is 5.92 Å². The first kappa shape index (κ1) is 20.6. The van der Waals surface area contributed by atoms with Gasteiger partial charge in [0.25, 0.3) is 0 Å². The number of benzene rings is 3. The summed E-state index contributed by atoms with van der Waals surface area (Å²) >= 11 is 0.406. The van der Waals surface area contributed by atoms with Crippen molar-refractivity contribution in [2.24, 2.45) is 5.92 Å². The van der Waals surface area contributed by atoms with Gasteiger partial charge in [-0.15, -0.1) is 0 Å². The molecule has 0 bridgehead atoms. The minimum absolute atomic E-state index is 0.366. The van der Waals surface area contributed by atoms with Gasteiger partial charge in [0.05, 0.1) is 0 Å². The van der Waals surface area contributed by atoms with E-state index >= 15 is 0 Å². The summed E-state index contributed by atoms with van der Waals surface area (Å²) in [5, 5.41) is 2.99. The molecule has 0 nitrogen and oxygen atoms in total. The normalized spacial score (nSPS) is 15.6. The van der Waals surface area contributed by atoms with Gasteiger partial charge >= 0.3 is 184 Å². The van der Waals surface area contributed by atoms with Crippen molar-refractivity contribution < 1.29 is 0 Å². The van der Waals surface area contributed by atoms with Crippen molar-refractivity contribution in [2.75, 3.05) is 6.16 Å². The van der Waals surface area contributed by atoms with Crippen molar-refractivity contribution >= 4 is 37.9 Å². The summed E-state index contributed by atoms with van der Waals surface area (Å²) in [5.41, 5.74) is 0. The van der Waals surface area contributed by atoms with E-state index in [9.17, 15) is 0 Å². The Morgan fingerprint density at radius 2 is 1.24 bits per heavy atom. The van der Waals surface area contributed by atoms with E-state index < -0.39 is 0 Å². The molecule has 0 amide bonds. The van der Waals surface area contributed by atoms with Crippen LogP contribution >= 0.6 is 7.92 Å². The molecular weight excluding hydrogens is 434 g/mol. The van der Waals surface area contributed by atoms with Crippen LogP contribution in [0, 0.1) is 5.92 Å². The third-order valence-corrected chi connectivity index (χ3v) is 10.7. The third-order valence-electron chi connectivity index (χ3n) is 5.51. The topological polar surface area (TPSA) is 0 Å². The molecule has 0 aliphatic heterocycles. The first-order valence-corrected chi connectivity index (χ1v) is 13.9. The summed E-state index contributed by atoms with van der Waals surface area (Å²) in [6.45, 7) is 0. The van der Waals surface area contributed by atoms with E-state index in [0.29, 0.717) is 15.0 Å². The van der Waals surface area contributed by atoms with Crippen molar-refractivity contribution in [2.45, 2.75) is 32.1 Å². The van der Waals surface area contributed by atoms with Gasteiger partial charge in [0.2, 0.25) is 0 Å². The van der Waals surface area contributed by atoms with Gasteiger partial charge in [-0.3, -0.25) is 0 Å². The molecule has 148 valence electrons. The molecule has 1 saturated carbocycles. The Kier molecular flexibility index (Phi) is 7.77. The van der Waals surface area contributed by atoms with Crippen LogP contribution in [0.1, 0.15) is 32.1 Å². The molecular formula is C27H29PSe. The van der Waals surface area contributed by atoms with Gasteiger partial charge in [0.1, 0.15) is 0 Å². The van der Waals surface area contributed by atoms with E-state index in [-0.39, 0.29) is 7.92 Å². The van der Waals surface area contributed by atoms with Crippen LogP contribution in [0.2, 0.25) is 0 Å². The van der Waals surface area contributed by atoms with Gasteiger partial charge in [0.15, 0.2) is 0 Å². The van der Waals surface area contributed by atoms with Crippen LogP contribution in [0.25, 0.3) is 0 Å². The van der Waals surface area contributed by atoms with E-state index in [2.05, 4.69) is 97.1 Å². The quantitative estimate of drug-likeness (QED) is 0.316. The molecule has 0 aromatic heterocycles. The molecule has 0 heterocycles.